The molecule has 0 spiro atoms. The Labute approximate surface area is 96.1 Å². The number of benzene rings is 1. The molecule has 16 heavy (non-hydrogen) atoms. The van der Waals surface area contributed by atoms with Crippen molar-refractivity contribution < 1.29 is 15.0 Å². The summed E-state index contributed by atoms with van der Waals surface area (Å²) in [5, 5.41) is 19.1. The molecule has 0 atom stereocenters. The zero-order valence-electron chi connectivity index (χ0n) is 8.14. The van der Waals surface area contributed by atoms with Gasteiger partial charge in [-0.25, -0.2) is 0 Å². The molecule has 0 saturated heterocycles. The number of carbonyl (C=O) groups is 1. The highest BCUT2D eigenvalue weighted by molar-refractivity contribution is 6.36. The molecule has 82 valence electrons. The summed E-state index contributed by atoms with van der Waals surface area (Å²) >= 11 is 6.04. The van der Waals surface area contributed by atoms with Crippen molar-refractivity contribution in [2.24, 2.45) is 0 Å². The first-order chi connectivity index (χ1) is 7.59. The van der Waals surface area contributed by atoms with Crippen LogP contribution in [-0.2, 0) is 11.2 Å². The van der Waals surface area contributed by atoms with Crippen LogP contribution in [0.15, 0.2) is 24.4 Å². The van der Waals surface area contributed by atoms with Gasteiger partial charge in [-0.15, -0.1) is 0 Å². The molecule has 0 aliphatic rings. The Morgan fingerprint density at radius 2 is 2.19 bits per heavy atom. The maximum absolute atomic E-state index is 10.6. The van der Waals surface area contributed by atoms with Crippen molar-refractivity contribution in [2.75, 3.05) is 0 Å². The molecule has 0 saturated carbocycles. The van der Waals surface area contributed by atoms with Gasteiger partial charge in [0.2, 0.25) is 0 Å². The third-order valence-corrected chi connectivity index (χ3v) is 2.67. The van der Waals surface area contributed by atoms with Crippen LogP contribution in [0.3, 0.4) is 0 Å². The topological polar surface area (TPSA) is 70.4 Å². The summed E-state index contributed by atoms with van der Waals surface area (Å²) in [6.07, 6.45) is 1.19. The van der Waals surface area contributed by atoms with Crippen molar-refractivity contribution in [3.8, 4) is 5.75 Å². The first-order valence-corrected chi connectivity index (χ1v) is 4.94. The second-order valence-electron chi connectivity index (χ2n) is 3.34. The predicted molar refractivity (Wildman–Crippen MR) is 59.8 cm³/mol. The number of pyridine rings is 1. The summed E-state index contributed by atoms with van der Waals surface area (Å²) in [5.41, 5.74) is 0.814. The largest absolute Gasteiger partial charge is 0.506 e. The van der Waals surface area contributed by atoms with Crippen LogP contribution in [-0.4, -0.2) is 21.2 Å². The van der Waals surface area contributed by atoms with Crippen LogP contribution in [0.5, 0.6) is 5.75 Å². The number of carboxylic acid groups (broad SMARTS) is 1. The highest BCUT2D eigenvalue weighted by Gasteiger charge is 2.11. The van der Waals surface area contributed by atoms with Crippen LogP contribution < -0.4 is 0 Å². The molecule has 0 fully saturated rings. The van der Waals surface area contributed by atoms with Gasteiger partial charge in [-0.05, 0) is 6.07 Å². The quantitative estimate of drug-likeness (QED) is 0.840. The molecule has 1 aromatic carbocycles. The number of hydrogen-bond acceptors (Lipinski definition) is 3. The third kappa shape index (κ3) is 1.79. The van der Waals surface area contributed by atoms with Crippen LogP contribution in [0.4, 0.5) is 0 Å². The maximum Gasteiger partial charge on any atom is 0.307 e. The number of halogens is 1. The number of aromatic nitrogens is 1. The van der Waals surface area contributed by atoms with Crippen molar-refractivity contribution in [1.82, 2.24) is 4.98 Å². The summed E-state index contributed by atoms with van der Waals surface area (Å²) in [5.74, 6) is -0.940. The molecule has 0 bridgehead atoms. The number of aliphatic carboxylic acids is 1. The minimum absolute atomic E-state index is 0.0290. The van der Waals surface area contributed by atoms with Gasteiger partial charge in [-0.3, -0.25) is 9.78 Å². The molecule has 2 aromatic rings. The van der Waals surface area contributed by atoms with Crippen molar-refractivity contribution >= 4 is 28.5 Å². The van der Waals surface area contributed by atoms with E-state index in [0.717, 1.165) is 0 Å². The summed E-state index contributed by atoms with van der Waals surface area (Å²) in [7, 11) is 0. The van der Waals surface area contributed by atoms with E-state index in [4.69, 9.17) is 16.7 Å². The van der Waals surface area contributed by atoms with Crippen molar-refractivity contribution in [2.45, 2.75) is 6.42 Å². The average Bonchev–Trinajstić information content (AvgIpc) is 2.23. The fraction of sp³-hybridized carbons (Fsp3) is 0.0909. The van der Waals surface area contributed by atoms with Gasteiger partial charge in [0.15, 0.2) is 0 Å². The molecular formula is C11H8ClNO3. The van der Waals surface area contributed by atoms with E-state index in [0.29, 0.717) is 21.5 Å². The second-order valence-corrected chi connectivity index (χ2v) is 3.72. The Kier molecular flexibility index (Phi) is 2.66. The van der Waals surface area contributed by atoms with Crippen LogP contribution in [0.2, 0.25) is 5.02 Å². The molecule has 0 radical (unpaired) electrons. The minimum atomic E-state index is -0.969. The molecule has 2 rings (SSSR count). The minimum Gasteiger partial charge on any atom is -0.506 e. The summed E-state index contributed by atoms with van der Waals surface area (Å²) in [6, 6.07) is 4.83. The Bertz CT molecular complexity index is 568. The molecule has 5 heteroatoms. The van der Waals surface area contributed by atoms with E-state index in [1.165, 1.54) is 12.3 Å². The third-order valence-electron chi connectivity index (χ3n) is 2.22. The fourth-order valence-corrected chi connectivity index (χ4v) is 1.77. The lowest BCUT2D eigenvalue weighted by atomic mass is 10.1. The van der Waals surface area contributed by atoms with Crippen molar-refractivity contribution in [3.63, 3.8) is 0 Å². The molecule has 1 heterocycles. The van der Waals surface area contributed by atoms with Gasteiger partial charge in [0.1, 0.15) is 11.3 Å². The molecule has 0 unspecified atom stereocenters. The monoisotopic (exact) mass is 237 g/mol. The van der Waals surface area contributed by atoms with Gasteiger partial charge in [0, 0.05) is 17.1 Å². The Morgan fingerprint density at radius 3 is 2.88 bits per heavy atom. The van der Waals surface area contributed by atoms with Gasteiger partial charge in [-0.2, -0.15) is 0 Å². The van der Waals surface area contributed by atoms with Gasteiger partial charge in [-0.1, -0.05) is 23.7 Å². The van der Waals surface area contributed by atoms with E-state index < -0.39 is 5.97 Å². The molecule has 4 nitrogen and oxygen atoms in total. The van der Waals surface area contributed by atoms with Crippen molar-refractivity contribution in [1.29, 1.82) is 0 Å². The predicted octanol–water partition coefficient (Wildman–Crippen LogP) is 2.22. The van der Waals surface area contributed by atoms with Gasteiger partial charge in [0.05, 0.1) is 11.4 Å². The number of aromatic hydroxyl groups is 1. The lowest BCUT2D eigenvalue weighted by Crippen LogP contribution is -2.01. The molecular weight excluding hydrogens is 230 g/mol. The van der Waals surface area contributed by atoms with E-state index in [-0.39, 0.29) is 12.2 Å². The van der Waals surface area contributed by atoms with E-state index >= 15 is 0 Å². The fourth-order valence-electron chi connectivity index (χ4n) is 1.50. The number of fused-ring (bicyclic) bond motifs is 1. The van der Waals surface area contributed by atoms with Gasteiger partial charge < -0.3 is 10.2 Å². The molecule has 0 amide bonds. The normalized spacial score (nSPS) is 10.6. The van der Waals surface area contributed by atoms with Crippen LogP contribution >= 0.6 is 11.6 Å². The van der Waals surface area contributed by atoms with Crippen LogP contribution in [0.25, 0.3) is 10.9 Å². The molecule has 1 aromatic heterocycles. The standard InChI is InChI=1S/C11H8ClNO3/c12-10-6(4-9(15)16)5-13-11-7(10)2-1-3-8(11)14/h1-3,5,14H,4H2,(H,15,16). The Hall–Kier alpha value is -1.81. The summed E-state index contributed by atoms with van der Waals surface area (Å²) < 4.78 is 0. The SMILES string of the molecule is O=C(O)Cc1cnc2c(O)cccc2c1Cl. The van der Waals surface area contributed by atoms with Crippen LogP contribution in [0, 0.1) is 0 Å². The highest BCUT2D eigenvalue weighted by atomic mass is 35.5. The summed E-state index contributed by atoms with van der Waals surface area (Å²) in [6.45, 7) is 0. The molecule has 0 aliphatic carbocycles. The number of carboxylic acids is 1. The lowest BCUT2D eigenvalue weighted by Gasteiger charge is -2.05. The van der Waals surface area contributed by atoms with E-state index in [9.17, 15) is 9.90 Å². The Morgan fingerprint density at radius 1 is 1.44 bits per heavy atom. The first-order valence-electron chi connectivity index (χ1n) is 4.56. The number of nitrogens with zero attached hydrogens (tertiary/aromatic N) is 1. The first kappa shape index (κ1) is 10.7. The average molecular weight is 238 g/mol. The molecule has 0 aliphatic heterocycles. The number of rotatable bonds is 2. The lowest BCUT2D eigenvalue weighted by molar-refractivity contribution is -0.136. The molecule has 2 N–H and O–H groups in total. The number of phenolic OH excluding ortho intramolecular Hbond substituents is 1. The van der Waals surface area contributed by atoms with Crippen molar-refractivity contribution in [3.05, 3.63) is 35.0 Å². The van der Waals surface area contributed by atoms with Gasteiger partial charge >= 0.3 is 5.97 Å². The van der Waals surface area contributed by atoms with E-state index in [1.54, 1.807) is 12.1 Å². The zero-order chi connectivity index (χ0) is 11.7. The van der Waals surface area contributed by atoms with E-state index in [2.05, 4.69) is 4.98 Å². The number of phenols is 1. The van der Waals surface area contributed by atoms with E-state index in [1.807, 2.05) is 0 Å². The maximum atomic E-state index is 10.6. The number of para-hydroxylation sites is 1. The zero-order valence-corrected chi connectivity index (χ0v) is 8.90. The second kappa shape index (κ2) is 3.98. The highest BCUT2D eigenvalue weighted by Crippen LogP contribution is 2.30. The Balaban J connectivity index is 2.65. The summed E-state index contributed by atoms with van der Waals surface area (Å²) in [4.78, 5) is 14.6. The van der Waals surface area contributed by atoms with Crippen LogP contribution in [0.1, 0.15) is 5.56 Å². The number of hydrogen-bond donors (Lipinski definition) is 2. The smallest absolute Gasteiger partial charge is 0.307 e. The van der Waals surface area contributed by atoms with Gasteiger partial charge in [0.25, 0.3) is 0 Å².